The van der Waals surface area contributed by atoms with Crippen LogP contribution in [0.5, 0.6) is 0 Å². The third-order valence-corrected chi connectivity index (χ3v) is 4.34. The van der Waals surface area contributed by atoms with Crippen molar-refractivity contribution in [2.75, 3.05) is 27.2 Å². The molecule has 1 fully saturated rings. The molecule has 0 amide bonds. The number of guanidine groups is 1. The lowest BCUT2D eigenvalue weighted by atomic mass is 9.64. The van der Waals surface area contributed by atoms with E-state index in [1.807, 2.05) is 7.05 Å². The minimum atomic E-state index is -0.177. The summed E-state index contributed by atoms with van der Waals surface area (Å²) in [5.41, 5.74) is 0.312. The first-order valence-electron chi connectivity index (χ1n) is 7.82. The maximum atomic E-state index is 5.42. The summed E-state index contributed by atoms with van der Waals surface area (Å²) >= 11 is 0. The van der Waals surface area contributed by atoms with Crippen LogP contribution in [0.1, 0.15) is 53.4 Å². The zero-order valence-corrected chi connectivity index (χ0v) is 14.2. The lowest BCUT2D eigenvalue weighted by molar-refractivity contribution is 0.0267. The maximum Gasteiger partial charge on any atom is 0.191 e. The number of ether oxygens (including phenoxy) is 1. The van der Waals surface area contributed by atoms with Crippen LogP contribution < -0.4 is 10.6 Å². The molecule has 0 saturated heterocycles. The standard InChI is InChI=1S/C16H33N3O/c1-13(2)10-16(8-7-9-16)12-19-14(17-5)18-11-15(3,4)20-6/h13H,7-12H2,1-6H3,(H2,17,18,19). The van der Waals surface area contributed by atoms with Gasteiger partial charge in [-0.1, -0.05) is 20.3 Å². The molecule has 0 radical (unpaired) electrons. The highest BCUT2D eigenvalue weighted by Crippen LogP contribution is 2.45. The molecule has 0 aliphatic heterocycles. The lowest BCUT2D eigenvalue weighted by Gasteiger charge is -2.43. The summed E-state index contributed by atoms with van der Waals surface area (Å²) in [6.07, 6.45) is 5.37. The third-order valence-electron chi connectivity index (χ3n) is 4.34. The van der Waals surface area contributed by atoms with Crippen LogP contribution in [0.2, 0.25) is 0 Å². The van der Waals surface area contributed by atoms with E-state index in [0.29, 0.717) is 5.41 Å². The molecule has 1 aliphatic rings. The van der Waals surface area contributed by atoms with Crippen LogP contribution in [0.25, 0.3) is 0 Å². The summed E-state index contributed by atoms with van der Waals surface area (Å²) in [5, 5.41) is 6.85. The minimum Gasteiger partial charge on any atom is -0.377 e. The average molecular weight is 283 g/mol. The van der Waals surface area contributed by atoms with Gasteiger partial charge in [0.15, 0.2) is 5.96 Å². The Labute approximate surface area is 124 Å². The summed E-state index contributed by atoms with van der Waals surface area (Å²) in [6, 6.07) is 0. The first kappa shape index (κ1) is 17.3. The predicted octanol–water partition coefficient (Wildman–Crippen LogP) is 2.79. The fraction of sp³-hybridized carbons (Fsp3) is 0.938. The Hall–Kier alpha value is -0.770. The minimum absolute atomic E-state index is 0.177. The average Bonchev–Trinajstić information content (AvgIpc) is 2.35. The van der Waals surface area contributed by atoms with Gasteiger partial charge in [-0.25, -0.2) is 0 Å². The molecular formula is C16H33N3O. The van der Waals surface area contributed by atoms with Crippen LogP contribution in [0, 0.1) is 11.3 Å². The van der Waals surface area contributed by atoms with Gasteiger partial charge in [-0.15, -0.1) is 0 Å². The van der Waals surface area contributed by atoms with E-state index in [2.05, 4.69) is 43.3 Å². The molecule has 118 valence electrons. The molecule has 0 bridgehead atoms. The van der Waals surface area contributed by atoms with Crippen molar-refractivity contribution in [1.82, 2.24) is 10.6 Å². The molecule has 4 heteroatoms. The normalized spacial score (nSPS) is 18.9. The summed E-state index contributed by atoms with van der Waals surface area (Å²) in [5.74, 6) is 1.64. The van der Waals surface area contributed by atoms with Crippen molar-refractivity contribution in [3.05, 3.63) is 0 Å². The zero-order chi connectivity index (χ0) is 15.2. The van der Waals surface area contributed by atoms with Crippen LogP contribution in [0.3, 0.4) is 0 Å². The molecule has 0 aromatic carbocycles. The molecule has 0 heterocycles. The molecular weight excluding hydrogens is 250 g/mol. The monoisotopic (exact) mass is 283 g/mol. The summed E-state index contributed by atoms with van der Waals surface area (Å²) in [6.45, 7) is 10.5. The van der Waals surface area contributed by atoms with Crippen LogP contribution in [-0.2, 0) is 4.74 Å². The summed E-state index contributed by atoms with van der Waals surface area (Å²) in [4.78, 5) is 4.30. The Morgan fingerprint density at radius 2 is 1.95 bits per heavy atom. The number of hydrogen-bond acceptors (Lipinski definition) is 2. The first-order valence-corrected chi connectivity index (χ1v) is 7.82. The Balaban J connectivity index is 2.41. The van der Waals surface area contributed by atoms with Crippen LogP contribution in [-0.4, -0.2) is 38.8 Å². The first-order chi connectivity index (χ1) is 9.32. The Morgan fingerprint density at radius 1 is 1.30 bits per heavy atom. The van der Waals surface area contributed by atoms with E-state index in [4.69, 9.17) is 4.74 Å². The van der Waals surface area contributed by atoms with Gasteiger partial charge in [0.2, 0.25) is 0 Å². The molecule has 4 nitrogen and oxygen atoms in total. The van der Waals surface area contributed by atoms with E-state index in [-0.39, 0.29) is 5.60 Å². The quantitative estimate of drug-likeness (QED) is 0.558. The van der Waals surface area contributed by atoms with Crippen LogP contribution in [0.15, 0.2) is 4.99 Å². The fourth-order valence-corrected chi connectivity index (χ4v) is 2.86. The number of hydrogen-bond donors (Lipinski definition) is 2. The summed E-state index contributed by atoms with van der Waals surface area (Å²) in [7, 11) is 3.56. The largest absolute Gasteiger partial charge is 0.377 e. The molecule has 20 heavy (non-hydrogen) atoms. The molecule has 0 aromatic rings. The molecule has 0 spiro atoms. The molecule has 1 rings (SSSR count). The molecule has 0 aromatic heterocycles. The Kier molecular flexibility index (Phi) is 6.31. The van der Waals surface area contributed by atoms with Crippen LogP contribution >= 0.6 is 0 Å². The van der Waals surface area contributed by atoms with Crippen molar-refractivity contribution in [3.63, 3.8) is 0 Å². The van der Waals surface area contributed by atoms with E-state index in [0.717, 1.165) is 25.0 Å². The molecule has 1 saturated carbocycles. The van der Waals surface area contributed by atoms with Gasteiger partial charge in [-0.3, -0.25) is 4.99 Å². The van der Waals surface area contributed by atoms with Gasteiger partial charge in [-0.05, 0) is 44.4 Å². The number of methoxy groups -OCH3 is 1. The topological polar surface area (TPSA) is 45.7 Å². The van der Waals surface area contributed by atoms with Crippen molar-refractivity contribution in [2.24, 2.45) is 16.3 Å². The number of nitrogens with zero attached hydrogens (tertiary/aromatic N) is 1. The van der Waals surface area contributed by atoms with Gasteiger partial charge in [0.25, 0.3) is 0 Å². The van der Waals surface area contributed by atoms with Crippen molar-refractivity contribution < 1.29 is 4.74 Å². The second-order valence-electron chi connectivity index (χ2n) is 7.19. The molecule has 0 unspecified atom stereocenters. The number of rotatable bonds is 7. The predicted molar refractivity (Wildman–Crippen MR) is 86.2 cm³/mol. The highest BCUT2D eigenvalue weighted by molar-refractivity contribution is 5.79. The van der Waals surface area contributed by atoms with Gasteiger partial charge in [0.1, 0.15) is 0 Å². The van der Waals surface area contributed by atoms with Gasteiger partial charge in [0, 0.05) is 27.2 Å². The van der Waals surface area contributed by atoms with E-state index in [9.17, 15) is 0 Å². The second kappa shape index (κ2) is 7.30. The smallest absolute Gasteiger partial charge is 0.191 e. The van der Waals surface area contributed by atoms with Gasteiger partial charge < -0.3 is 15.4 Å². The number of nitrogens with one attached hydrogen (secondary N) is 2. The SMILES string of the molecule is CN=C(NCC1(CC(C)C)CCC1)NCC(C)(C)OC. The summed E-state index contributed by atoms with van der Waals surface area (Å²) < 4.78 is 5.42. The zero-order valence-electron chi connectivity index (χ0n) is 14.2. The van der Waals surface area contributed by atoms with E-state index in [1.54, 1.807) is 7.11 Å². The van der Waals surface area contributed by atoms with E-state index >= 15 is 0 Å². The Bertz CT molecular complexity index is 320. The van der Waals surface area contributed by atoms with Gasteiger partial charge >= 0.3 is 0 Å². The molecule has 0 atom stereocenters. The molecule has 2 N–H and O–H groups in total. The van der Waals surface area contributed by atoms with Crippen molar-refractivity contribution >= 4 is 5.96 Å². The van der Waals surface area contributed by atoms with Crippen molar-refractivity contribution in [1.29, 1.82) is 0 Å². The van der Waals surface area contributed by atoms with Crippen molar-refractivity contribution in [3.8, 4) is 0 Å². The maximum absolute atomic E-state index is 5.42. The van der Waals surface area contributed by atoms with E-state index < -0.39 is 0 Å². The fourth-order valence-electron chi connectivity index (χ4n) is 2.86. The van der Waals surface area contributed by atoms with Gasteiger partial charge in [-0.2, -0.15) is 0 Å². The Morgan fingerprint density at radius 3 is 2.35 bits per heavy atom. The van der Waals surface area contributed by atoms with Crippen molar-refractivity contribution in [2.45, 2.75) is 59.0 Å². The van der Waals surface area contributed by atoms with Crippen LogP contribution in [0.4, 0.5) is 0 Å². The number of aliphatic imine (C=N–C) groups is 1. The lowest BCUT2D eigenvalue weighted by Crippen LogP contribution is -2.49. The van der Waals surface area contributed by atoms with E-state index in [1.165, 1.54) is 25.7 Å². The highest BCUT2D eigenvalue weighted by atomic mass is 16.5. The second-order valence-corrected chi connectivity index (χ2v) is 7.19. The molecule has 1 aliphatic carbocycles. The highest BCUT2D eigenvalue weighted by Gasteiger charge is 2.37. The van der Waals surface area contributed by atoms with Gasteiger partial charge in [0.05, 0.1) is 5.60 Å². The third kappa shape index (κ3) is 5.31.